The number of pyridine rings is 1. The maximum absolute atomic E-state index is 12.4. The highest BCUT2D eigenvalue weighted by atomic mass is 32.1. The second-order valence-electron chi connectivity index (χ2n) is 7.40. The smallest absolute Gasteiger partial charge is 0.254 e. The quantitative estimate of drug-likeness (QED) is 0.299. The zero-order chi connectivity index (χ0) is 23.9. The maximum atomic E-state index is 12.4. The van der Waals surface area contributed by atoms with Gasteiger partial charge in [-0.1, -0.05) is 25.6 Å². The first-order valence-corrected chi connectivity index (χ1v) is 11.5. The molecule has 0 atom stereocenters. The molecule has 4 aromatic rings. The molecule has 0 aliphatic heterocycles. The Hall–Kier alpha value is -3.82. The van der Waals surface area contributed by atoms with E-state index in [0.29, 0.717) is 34.9 Å². The summed E-state index contributed by atoms with van der Waals surface area (Å²) in [7, 11) is 1.63. The van der Waals surface area contributed by atoms with Crippen LogP contribution in [0.15, 0.2) is 60.1 Å². The van der Waals surface area contributed by atoms with E-state index in [1.165, 1.54) is 17.5 Å². The Morgan fingerprint density at radius 3 is 2.49 bits per heavy atom. The van der Waals surface area contributed by atoms with Crippen molar-refractivity contribution in [1.82, 2.24) is 10.3 Å². The van der Waals surface area contributed by atoms with Crippen molar-refractivity contribution in [2.45, 2.75) is 20.6 Å². The number of nitrogen functional groups attached to an aromatic ring is 1. The van der Waals surface area contributed by atoms with Gasteiger partial charge in [0.1, 0.15) is 36.3 Å². The van der Waals surface area contributed by atoms with E-state index in [0.717, 1.165) is 21.6 Å². The number of benzene rings is 2. The number of aromatic nitrogens is 1. The fourth-order valence-electron chi connectivity index (χ4n) is 3.37. The molecule has 8 nitrogen and oxygen atoms in total. The van der Waals surface area contributed by atoms with Gasteiger partial charge in [0.25, 0.3) is 5.91 Å². The molecule has 0 aliphatic rings. The van der Waals surface area contributed by atoms with Crippen molar-refractivity contribution in [3.63, 3.8) is 0 Å². The molecule has 4 N–H and O–H groups in total. The first kappa shape index (κ1) is 25.8. The molecule has 2 heterocycles. The number of ether oxygens (including phenoxy) is 3. The number of hydrogen-bond acceptors (Lipinski definition) is 8. The van der Waals surface area contributed by atoms with Crippen LogP contribution >= 0.6 is 11.3 Å². The zero-order valence-corrected chi connectivity index (χ0v) is 19.4. The Bertz CT molecular complexity index is 1270. The molecule has 2 aromatic carbocycles. The highest BCUT2D eigenvalue weighted by Gasteiger charge is 2.17. The van der Waals surface area contributed by atoms with E-state index < -0.39 is 0 Å². The Morgan fingerprint density at radius 1 is 1.09 bits per heavy atom. The van der Waals surface area contributed by atoms with Crippen LogP contribution in [0.2, 0.25) is 0 Å². The van der Waals surface area contributed by atoms with E-state index in [2.05, 4.69) is 10.3 Å². The van der Waals surface area contributed by atoms with Crippen LogP contribution in [0.1, 0.15) is 28.9 Å². The number of fused-ring (bicyclic) bond motifs is 1. The molecular weight excluding hydrogens is 466 g/mol. The van der Waals surface area contributed by atoms with E-state index in [-0.39, 0.29) is 33.1 Å². The molecule has 0 spiro atoms. The summed E-state index contributed by atoms with van der Waals surface area (Å²) in [6, 6.07) is 15.1. The molecule has 9 heteroatoms. The molecule has 2 aromatic heterocycles. The fraction of sp³-hybridized carbons (Fsp3) is 0.231. The predicted molar refractivity (Wildman–Crippen MR) is 138 cm³/mol. The van der Waals surface area contributed by atoms with Gasteiger partial charge in [0.2, 0.25) is 0 Å². The van der Waals surface area contributed by atoms with Gasteiger partial charge in [-0.15, -0.1) is 11.3 Å². The molecule has 0 bridgehead atoms. The van der Waals surface area contributed by atoms with Gasteiger partial charge in [-0.05, 0) is 35.2 Å². The minimum absolute atomic E-state index is 0. The van der Waals surface area contributed by atoms with Crippen molar-refractivity contribution in [3.8, 4) is 17.2 Å². The number of anilines is 1. The number of rotatable bonds is 10. The molecule has 0 saturated heterocycles. The molecule has 0 saturated carbocycles. The predicted octanol–water partition coefficient (Wildman–Crippen LogP) is 4.40. The van der Waals surface area contributed by atoms with Crippen LogP contribution in [0.4, 0.5) is 5.82 Å². The van der Waals surface area contributed by atoms with Crippen molar-refractivity contribution >= 4 is 33.1 Å². The summed E-state index contributed by atoms with van der Waals surface area (Å²) >= 11 is 1.41. The second kappa shape index (κ2) is 12.0. The third-order valence-corrected chi connectivity index (χ3v) is 6.17. The van der Waals surface area contributed by atoms with Gasteiger partial charge in [-0.3, -0.25) is 4.79 Å². The van der Waals surface area contributed by atoms with Crippen LogP contribution in [0.25, 0.3) is 10.1 Å². The van der Waals surface area contributed by atoms with Gasteiger partial charge >= 0.3 is 0 Å². The molecule has 0 fully saturated rings. The lowest BCUT2D eigenvalue weighted by Gasteiger charge is -2.10. The number of nitrogens with two attached hydrogens (primary N) is 1. The average molecular weight is 496 g/mol. The number of aliphatic hydroxyl groups is 1. The monoisotopic (exact) mass is 495 g/mol. The number of aliphatic hydroxyl groups excluding tert-OH is 1. The number of amides is 1. The van der Waals surface area contributed by atoms with Crippen molar-refractivity contribution in [1.29, 1.82) is 0 Å². The second-order valence-corrected chi connectivity index (χ2v) is 8.28. The molecule has 35 heavy (non-hydrogen) atoms. The lowest BCUT2D eigenvalue weighted by Crippen LogP contribution is -2.26. The highest BCUT2D eigenvalue weighted by molar-refractivity contribution is 7.17. The van der Waals surface area contributed by atoms with Crippen LogP contribution in [-0.2, 0) is 13.2 Å². The lowest BCUT2D eigenvalue weighted by molar-refractivity contribution is 0.0946. The van der Waals surface area contributed by atoms with Gasteiger partial charge < -0.3 is 30.4 Å². The summed E-state index contributed by atoms with van der Waals surface area (Å²) in [6.07, 6.45) is 1.45. The summed E-state index contributed by atoms with van der Waals surface area (Å²) in [5.41, 5.74) is 8.40. The number of methoxy groups -OCH3 is 1. The molecular formula is C26H29N3O5S. The first-order valence-electron chi connectivity index (χ1n) is 10.6. The summed E-state index contributed by atoms with van der Waals surface area (Å²) in [4.78, 5) is 16.6. The topological polar surface area (TPSA) is 116 Å². The minimum atomic E-state index is -0.303. The Balaban J connectivity index is 0.00000342. The van der Waals surface area contributed by atoms with Crippen LogP contribution in [-0.4, -0.2) is 36.3 Å². The largest absolute Gasteiger partial charge is 0.497 e. The SMILES string of the molecule is C.COc1ccc(COc2cccc(OCc3csc4c(C(=O)NCCO)cnc(N)c34)c2)cc1. The molecule has 0 radical (unpaired) electrons. The number of nitrogens with one attached hydrogen (secondary N) is 1. The number of carbonyl (C=O) groups is 1. The summed E-state index contributed by atoms with van der Waals surface area (Å²) < 4.78 is 17.8. The molecule has 1 amide bonds. The molecule has 4 rings (SSSR count). The summed E-state index contributed by atoms with van der Waals surface area (Å²) in [5, 5.41) is 14.2. The van der Waals surface area contributed by atoms with E-state index in [1.807, 2.05) is 53.9 Å². The number of nitrogens with zero attached hydrogens (tertiary/aromatic N) is 1. The van der Waals surface area contributed by atoms with Gasteiger partial charge in [-0.2, -0.15) is 0 Å². The third-order valence-electron chi connectivity index (χ3n) is 5.11. The van der Waals surface area contributed by atoms with Crippen molar-refractivity contribution in [2.24, 2.45) is 0 Å². The van der Waals surface area contributed by atoms with E-state index in [4.69, 9.17) is 25.1 Å². The average Bonchev–Trinajstić information content (AvgIpc) is 3.30. The van der Waals surface area contributed by atoms with Gasteiger partial charge in [0.05, 0.1) is 24.0 Å². The fourth-order valence-corrected chi connectivity index (χ4v) is 4.44. The third kappa shape index (κ3) is 6.20. The Morgan fingerprint density at radius 2 is 1.80 bits per heavy atom. The van der Waals surface area contributed by atoms with Gasteiger partial charge in [0, 0.05) is 29.8 Å². The Labute approximate surface area is 208 Å². The van der Waals surface area contributed by atoms with Crippen molar-refractivity contribution in [3.05, 3.63) is 76.8 Å². The Kier molecular flexibility index (Phi) is 8.88. The standard InChI is InChI=1S/C25H25N3O5S.CH4/c1-31-18-7-5-16(6-8-18)13-32-19-3-2-4-20(11-19)33-14-17-15-34-23-21(25(30)27-9-10-29)12-28-24(26)22(17)23;/h2-8,11-12,15,29H,9-10,13-14H2,1H3,(H2,26,28)(H,27,30);1H4. The maximum Gasteiger partial charge on any atom is 0.254 e. The first-order chi connectivity index (χ1) is 16.6. The molecule has 0 aliphatic carbocycles. The number of carbonyl (C=O) groups excluding carboxylic acids is 1. The van der Waals surface area contributed by atoms with Crippen LogP contribution in [0, 0.1) is 0 Å². The van der Waals surface area contributed by atoms with E-state index in [1.54, 1.807) is 7.11 Å². The number of thiophene rings is 1. The molecule has 184 valence electrons. The van der Waals surface area contributed by atoms with Crippen LogP contribution < -0.4 is 25.3 Å². The minimum Gasteiger partial charge on any atom is -0.497 e. The van der Waals surface area contributed by atoms with Crippen molar-refractivity contribution in [2.75, 3.05) is 26.0 Å². The van der Waals surface area contributed by atoms with Crippen molar-refractivity contribution < 1.29 is 24.1 Å². The van der Waals surface area contributed by atoms with Gasteiger partial charge in [-0.25, -0.2) is 4.98 Å². The summed E-state index contributed by atoms with van der Waals surface area (Å²) in [5.74, 6) is 2.17. The van der Waals surface area contributed by atoms with E-state index >= 15 is 0 Å². The van der Waals surface area contributed by atoms with Crippen LogP contribution in [0.3, 0.4) is 0 Å². The van der Waals surface area contributed by atoms with Gasteiger partial charge in [0.15, 0.2) is 0 Å². The normalized spacial score (nSPS) is 10.5. The summed E-state index contributed by atoms with van der Waals surface area (Å²) in [6.45, 7) is 0.716. The molecule has 0 unspecified atom stereocenters. The highest BCUT2D eigenvalue weighted by Crippen LogP contribution is 2.33. The van der Waals surface area contributed by atoms with Crippen LogP contribution in [0.5, 0.6) is 17.2 Å². The number of hydrogen-bond donors (Lipinski definition) is 3. The zero-order valence-electron chi connectivity index (χ0n) is 18.6. The lowest BCUT2D eigenvalue weighted by atomic mass is 10.1. The van der Waals surface area contributed by atoms with E-state index in [9.17, 15) is 4.79 Å².